The second kappa shape index (κ2) is 4.93. The lowest BCUT2D eigenvalue weighted by Crippen LogP contribution is -2.57. The molecule has 0 aliphatic carbocycles. The predicted octanol–water partition coefficient (Wildman–Crippen LogP) is -2.46. The Morgan fingerprint density at radius 3 is 2.56 bits per heavy atom. The topological polar surface area (TPSA) is 108 Å². The Balaban J connectivity index is 2.62. The van der Waals surface area contributed by atoms with Crippen LogP contribution in [-0.4, -0.2) is 56.1 Å². The second-order valence-electron chi connectivity index (χ2n) is 3.80. The molecule has 0 amide bonds. The Hall–Kier alpha value is -0.930. The molecule has 0 aromatic carbocycles. The van der Waals surface area contributed by atoms with E-state index in [0.29, 0.717) is 0 Å². The molecule has 6 N–H and O–H groups in total. The van der Waals surface area contributed by atoms with Crippen LogP contribution in [0.3, 0.4) is 0 Å². The van der Waals surface area contributed by atoms with Crippen molar-refractivity contribution in [1.82, 2.24) is 16.0 Å². The average molecular weight is 237 g/mol. The van der Waals surface area contributed by atoms with Crippen LogP contribution in [-0.2, 0) is 0 Å². The molecule has 4 atom stereocenters. The van der Waals surface area contributed by atoms with Gasteiger partial charge in [0.2, 0.25) is 6.30 Å². The van der Waals surface area contributed by atoms with Crippen molar-refractivity contribution in [3.63, 3.8) is 0 Å². The standard InChI is InChI=1S/C8H16FN3O4/c1-8(16,4-13)6(15)5(14)7(9)12-3-2-10-11-12/h2-3,5-7,10-11,13-16H,4H2,1H3/t5?,6-,7?,8+/m0/s1. The van der Waals surface area contributed by atoms with Gasteiger partial charge in [-0.05, 0) is 6.92 Å². The summed E-state index contributed by atoms with van der Waals surface area (Å²) in [6.07, 6.45) is -3.01. The van der Waals surface area contributed by atoms with Gasteiger partial charge in [-0.15, -0.1) is 5.53 Å². The third-order valence-electron chi connectivity index (χ3n) is 2.34. The summed E-state index contributed by atoms with van der Waals surface area (Å²) in [7, 11) is 0. The van der Waals surface area contributed by atoms with Gasteiger partial charge in [0.25, 0.3) is 0 Å². The fraction of sp³-hybridized carbons (Fsp3) is 0.750. The molecule has 1 aliphatic rings. The van der Waals surface area contributed by atoms with Crippen molar-refractivity contribution in [3.8, 4) is 0 Å². The van der Waals surface area contributed by atoms with E-state index in [1.165, 1.54) is 12.4 Å². The quantitative estimate of drug-likeness (QED) is 0.294. The smallest absolute Gasteiger partial charge is 0.215 e. The number of aliphatic hydroxyl groups is 4. The third-order valence-corrected chi connectivity index (χ3v) is 2.34. The second-order valence-corrected chi connectivity index (χ2v) is 3.80. The fourth-order valence-corrected chi connectivity index (χ4v) is 1.19. The van der Waals surface area contributed by atoms with Gasteiger partial charge in [-0.3, -0.25) is 5.01 Å². The predicted molar refractivity (Wildman–Crippen MR) is 51.9 cm³/mol. The highest BCUT2D eigenvalue weighted by atomic mass is 19.1. The highest BCUT2D eigenvalue weighted by Crippen LogP contribution is 2.18. The first-order valence-corrected chi connectivity index (χ1v) is 4.70. The van der Waals surface area contributed by atoms with E-state index in [-0.39, 0.29) is 0 Å². The lowest BCUT2D eigenvalue weighted by Gasteiger charge is -2.34. The van der Waals surface area contributed by atoms with Crippen molar-refractivity contribution in [3.05, 3.63) is 12.4 Å². The van der Waals surface area contributed by atoms with E-state index in [9.17, 15) is 19.7 Å². The minimum atomic E-state index is -1.97. The van der Waals surface area contributed by atoms with Crippen molar-refractivity contribution >= 4 is 0 Å². The van der Waals surface area contributed by atoms with E-state index in [1.54, 1.807) is 0 Å². The summed E-state index contributed by atoms with van der Waals surface area (Å²) >= 11 is 0. The van der Waals surface area contributed by atoms with E-state index in [1.807, 2.05) is 0 Å². The number of rotatable bonds is 5. The zero-order valence-corrected chi connectivity index (χ0v) is 8.71. The van der Waals surface area contributed by atoms with Gasteiger partial charge in [0.05, 0.1) is 6.61 Å². The molecule has 0 aromatic rings. The number of hydrogen-bond acceptors (Lipinski definition) is 7. The molecule has 0 fully saturated rings. The maximum atomic E-state index is 13.6. The summed E-state index contributed by atoms with van der Waals surface area (Å²) < 4.78 is 13.6. The highest BCUT2D eigenvalue weighted by Gasteiger charge is 2.41. The van der Waals surface area contributed by atoms with Gasteiger partial charge in [0.15, 0.2) is 0 Å². The van der Waals surface area contributed by atoms with Crippen LogP contribution in [0.5, 0.6) is 0 Å². The van der Waals surface area contributed by atoms with Gasteiger partial charge in [-0.2, -0.15) is 0 Å². The summed E-state index contributed by atoms with van der Waals surface area (Å²) in [6.45, 7) is 0.304. The molecule has 0 saturated heterocycles. The molecule has 7 nitrogen and oxygen atoms in total. The molecule has 94 valence electrons. The van der Waals surface area contributed by atoms with Crippen LogP contribution in [0.25, 0.3) is 0 Å². The van der Waals surface area contributed by atoms with E-state index in [0.717, 1.165) is 11.9 Å². The molecule has 1 rings (SSSR count). The van der Waals surface area contributed by atoms with Crippen molar-refractivity contribution in [2.45, 2.75) is 31.0 Å². The molecule has 0 radical (unpaired) electrons. The highest BCUT2D eigenvalue weighted by molar-refractivity contribution is 4.93. The van der Waals surface area contributed by atoms with Crippen molar-refractivity contribution < 1.29 is 24.8 Å². The van der Waals surface area contributed by atoms with Crippen LogP contribution >= 0.6 is 0 Å². The number of nitrogens with zero attached hydrogens (tertiary/aromatic N) is 1. The molecule has 8 heteroatoms. The third kappa shape index (κ3) is 2.60. The monoisotopic (exact) mass is 237 g/mol. The first kappa shape index (κ1) is 13.1. The van der Waals surface area contributed by atoms with Gasteiger partial charge in [0, 0.05) is 12.4 Å². The number of halogens is 1. The molecule has 0 saturated carbocycles. The molecule has 0 bridgehead atoms. The first-order chi connectivity index (χ1) is 7.40. The van der Waals surface area contributed by atoms with Crippen LogP contribution in [0.15, 0.2) is 12.4 Å². The number of nitrogens with one attached hydrogen (secondary N) is 2. The summed E-state index contributed by atoms with van der Waals surface area (Å²) in [4.78, 5) is 0. The van der Waals surface area contributed by atoms with Gasteiger partial charge in [-0.1, -0.05) is 0 Å². The Kier molecular flexibility index (Phi) is 4.05. The van der Waals surface area contributed by atoms with Crippen LogP contribution in [0, 0.1) is 0 Å². The average Bonchev–Trinajstić information content (AvgIpc) is 2.79. The first-order valence-electron chi connectivity index (χ1n) is 4.70. The van der Waals surface area contributed by atoms with Crippen LogP contribution < -0.4 is 11.0 Å². The minimum absolute atomic E-state index is 0.792. The SMILES string of the molecule is C[C@@](O)(CO)[C@@H](O)C(O)C(F)N1C=CNN1. The largest absolute Gasteiger partial charge is 0.393 e. The minimum Gasteiger partial charge on any atom is -0.393 e. The van der Waals surface area contributed by atoms with E-state index in [2.05, 4.69) is 11.0 Å². The number of alkyl halides is 1. The Labute approximate surface area is 91.7 Å². The molecule has 0 spiro atoms. The summed E-state index contributed by atoms with van der Waals surface area (Å²) in [5, 5.41) is 38.0. The fourth-order valence-electron chi connectivity index (χ4n) is 1.19. The van der Waals surface area contributed by atoms with Gasteiger partial charge < -0.3 is 25.9 Å². The number of aliphatic hydroxyl groups excluding tert-OH is 3. The Morgan fingerprint density at radius 1 is 1.50 bits per heavy atom. The zero-order valence-electron chi connectivity index (χ0n) is 8.71. The summed E-state index contributed by atoms with van der Waals surface area (Å²) in [5.74, 6) is 0. The van der Waals surface area contributed by atoms with E-state index in [4.69, 9.17) is 5.11 Å². The van der Waals surface area contributed by atoms with Gasteiger partial charge >= 0.3 is 0 Å². The molecule has 1 heterocycles. The molecule has 2 unspecified atom stereocenters. The Bertz CT molecular complexity index is 264. The van der Waals surface area contributed by atoms with Gasteiger partial charge in [-0.25, -0.2) is 4.39 Å². The van der Waals surface area contributed by atoms with Crippen LogP contribution in [0.4, 0.5) is 4.39 Å². The molecule has 0 aromatic heterocycles. The van der Waals surface area contributed by atoms with Crippen molar-refractivity contribution in [1.29, 1.82) is 0 Å². The molecular weight excluding hydrogens is 221 g/mol. The lowest BCUT2D eigenvalue weighted by molar-refractivity contribution is -0.169. The normalized spacial score (nSPS) is 24.8. The maximum absolute atomic E-state index is 13.6. The molecular formula is C8H16FN3O4. The van der Waals surface area contributed by atoms with Crippen LogP contribution in [0.1, 0.15) is 6.92 Å². The molecule has 1 aliphatic heterocycles. The van der Waals surface area contributed by atoms with Gasteiger partial charge in [0.1, 0.15) is 17.8 Å². The zero-order chi connectivity index (χ0) is 12.3. The number of hydrazine groups is 2. The van der Waals surface area contributed by atoms with Crippen LogP contribution in [0.2, 0.25) is 0 Å². The van der Waals surface area contributed by atoms with Crippen molar-refractivity contribution in [2.24, 2.45) is 0 Å². The van der Waals surface area contributed by atoms with E-state index < -0.39 is 30.7 Å². The maximum Gasteiger partial charge on any atom is 0.215 e. The van der Waals surface area contributed by atoms with Crippen molar-refractivity contribution in [2.75, 3.05) is 6.61 Å². The summed E-state index contributed by atoms with van der Waals surface area (Å²) in [5.41, 5.74) is 2.82. The number of hydrogen-bond donors (Lipinski definition) is 6. The lowest BCUT2D eigenvalue weighted by atomic mass is 9.95. The molecule has 16 heavy (non-hydrogen) atoms. The Morgan fingerprint density at radius 2 is 2.12 bits per heavy atom. The summed E-state index contributed by atoms with van der Waals surface area (Å²) in [6, 6.07) is 0. The van der Waals surface area contributed by atoms with E-state index >= 15 is 0 Å².